The van der Waals surface area contributed by atoms with Crippen molar-refractivity contribution in [3.63, 3.8) is 0 Å². The smallest absolute Gasteiger partial charge is 0.269 e. The lowest BCUT2D eigenvalue weighted by Gasteiger charge is -2.03. The number of carbonyl (C=O) groups is 1. The highest BCUT2D eigenvalue weighted by Gasteiger charge is 2.22. The fourth-order valence-electron chi connectivity index (χ4n) is 2.11. The minimum atomic E-state index is -3.93. The Balaban J connectivity index is 1.81. The molecule has 1 amide bonds. The molecule has 1 N–H and O–H groups in total. The van der Waals surface area contributed by atoms with Gasteiger partial charge in [-0.05, 0) is 30.3 Å². The van der Waals surface area contributed by atoms with Gasteiger partial charge in [0, 0.05) is 17.7 Å². The van der Waals surface area contributed by atoms with Crippen LogP contribution in [0.4, 0.5) is 10.8 Å². The van der Waals surface area contributed by atoms with Gasteiger partial charge < -0.3 is 0 Å². The van der Waals surface area contributed by atoms with Crippen molar-refractivity contribution in [3.8, 4) is 0 Å². The summed E-state index contributed by atoms with van der Waals surface area (Å²) < 4.78 is 25.1. The molecule has 0 spiro atoms. The van der Waals surface area contributed by atoms with Gasteiger partial charge in [-0.1, -0.05) is 34.5 Å². The number of anilines is 1. The molecule has 3 aromatic rings. The topological polar surface area (TPSA) is 119 Å². The van der Waals surface area contributed by atoms with Crippen molar-refractivity contribution < 1.29 is 18.1 Å². The van der Waals surface area contributed by atoms with Crippen molar-refractivity contribution in [2.45, 2.75) is 9.10 Å². The fourth-order valence-corrected chi connectivity index (χ4v) is 4.84. The van der Waals surface area contributed by atoms with E-state index in [0.717, 1.165) is 41.8 Å². The Hall–Kier alpha value is -2.53. The number of aromatic nitrogens is 1. The Morgan fingerprint density at radius 3 is 2.39 bits per heavy atom. The van der Waals surface area contributed by atoms with Crippen LogP contribution in [0.2, 0.25) is 10.0 Å². The first-order chi connectivity index (χ1) is 13.2. The van der Waals surface area contributed by atoms with Crippen LogP contribution in [-0.4, -0.2) is 24.2 Å². The van der Waals surface area contributed by atoms with Crippen LogP contribution in [0.25, 0.3) is 0 Å². The standard InChI is InChI=1S/C16H9Cl2N3O5S2/c17-12-6-1-9(7-13(12)18)15(22)20-16-19-8-14(27-16)28(25,26)11-4-2-10(3-5-11)21(23)24/h1-8H,(H,19,20,22). The highest BCUT2D eigenvalue weighted by atomic mass is 35.5. The Labute approximate surface area is 172 Å². The monoisotopic (exact) mass is 457 g/mol. The van der Waals surface area contributed by atoms with Crippen molar-refractivity contribution in [3.05, 3.63) is 74.4 Å². The third kappa shape index (κ3) is 4.14. The summed E-state index contributed by atoms with van der Waals surface area (Å²) in [5, 5.41) is 13.7. The van der Waals surface area contributed by atoms with Gasteiger partial charge in [0.15, 0.2) is 5.13 Å². The highest BCUT2D eigenvalue weighted by molar-refractivity contribution is 7.93. The van der Waals surface area contributed by atoms with Gasteiger partial charge in [0.1, 0.15) is 4.21 Å². The molecule has 0 aliphatic carbocycles. The summed E-state index contributed by atoms with van der Waals surface area (Å²) in [7, 11) is -3.93. The molecule has 144 valence electrons. The predicted octanol–water partition coefficient (Wildman–Crippen LogP) is 4.44. The molecular formula is C16H9Cl2N3O5S2. The van der Waals surface area contributed by atoms with E-state index in [9.17, 15) is 23.3 Å². The molecule has 0 bridgehead atoms. The number of hydrogen-bond donors (Lipinski definition) is 1. The lowest BCUT2D eigenvalue weighted by Crippen LogP contribution is -2.11. The normalized spacial score (nSPS) is 11.2. The molecule has 0 saturated heterocycles. The molecule has 0 radical (unpaired) electrons. The van der Waals surface area contributed by atoms with E-state index in [0.29, 0.717) is 5.02 Å². The number of sulfone groups is 1. The zero-order valence-electron chi connectivity index (χ0n) is 13.6. The van der Waals surface area contributed by atoms with Gasteiger partial charge in [-0.25, -0.2) is 13.4 Å². The van der Waals surface area contributed by atoms with Crippen LogP contribution in [0.15, 0.2) is 57.8 Å². The molecule has 0 fully saturated rings. The minimum absolute atomic E-state index is 0.0663. The van der Waals surface area contributed by atoms with Gasteiger partial charge in [0.25, 0.3) is 11.6 Å². The minimum Gasteiger partial charge on any atom is -0.298 e. The summed E-state index contributed by atoms with van der Waals surface area (Å²) in [6, 6.07) is 8.78. The molecule has 12 heteroatoms. The van der Waals surface area contributed by atoms with E-state index in [1.165, 1.54) is 18.2 Å². The average molecular weight is 458 g/mol. The average Bonchev–Trinajstić information content (AvgIpc) is 3.13. The molecule has 1 heterocycles. The molecule has 2 aromatic carbocycles. The van der Waals surface area contributed by atoms with Crippen LogP contribution in [-0.2, 0) is 9.84 Å². The van der Waals surface area contributed by atoms with Gasteiger partial charge in [0.2, 0.25) is 9.84 Å². The number of halogens is 2. The number of nitrogens with one attached hydrogen (secondary N) is 1. The molecule has 3 rings (SSSR count). The summed E-state index contributed by atoms with van der Waals surface area (Å²) in [6.45, 7) is 0. The van der Waals surface area contributed by atoms with E-state index in [4.69, 9.17) is 23.2 Å². The van der Waals surface area contributed by atoms with Crippen molar-refractivity contribution in [1.82, 2.24) is 4.98 Å². The third-order valence-electron chi connectivity index (χ3n) is 3.51. The second-order valence-electron chi connectivity index (χ2n) is 5.32. The van der Waals surface area contributed by atoms with Gasteiger partial charge in [-0.3, -0.25) is 20.2 Å². The maximum Gasteiger partial charge on any atom is 0.269 e. The quantitative estimate of drug-likeness (QED) is 0.446. The Morgan fingerprint density at radius 2 is 1.79 bits per heavy atom. The van der Waals surface area contributed by atoms with Crippen LogP contribution in [0, 0.1) is 10.1 Å². The SMILES string of the molecule is O=C(Nc1ncc(S(=O)(=O)c2ccc([N+](=O)[O-])cc2)s1)c1ccc(Cl)c(Cl)c1. The maximum atomic E-state index is 12.6. The summed E-state index contributed by atoms with van der Waals surface area (Å²) in [5.74, 6) is -0.535. The fraction of sp³-hybridized carbons (Fsp3) is 0. The van der Waals surface area contributed by atoms with Crippen molar-refractivity contribution in [2.24, 2.45) is 0 Å². The number of amides is 1. The summed E-state index contributed by atoms with van der Waals surface area (Å²) in [6.07, 6.45) is 1.10. The zero-order valence-corrected chi connectivity index (χ0v) is 16.8. The Kier molecular flexibility index (Phi) is 5.66. The van der Waals surface area contributed by atoms with Crippen molar-refractivity contribution >= 4 is 61.1 Å². The van der Waals surface area contributed by atoms with Crippen molar-refractivity contribution in [2.75, 3.05) is 5.32 Å². The molecule has 0 atom stereocenters. The highest BCUT2D eigenvalue weighted by Crippen LogP contribution is 2.30. The molecule has 28 heavy (non-hydrogen) atoms. The van der Waals surface area contributed by atoms with Gasteiger partial charge in [-0.2, -0.15) is 0 Å². The Morgan fingerprint density at radius 1 is 1.11 bits per heavy atom. The second kappa shape index (κ2) is 7.84. The lowest BCUT2D eigenvalue weighted by molar-refractivity contribution is -0.384. The number of hydrogen-bond acceptors (Lipinski definition) is 7. The first kappa shape index (κ1) is 20.2. The van der Waals surface area contributed by atoms with Crippen LogP contribution >= 0.6 is 34.5 Å². The number of nitro benzene ring substituents is 1. The number of rotatable bonds is 5. The number of benzene rings is 2. The van der Waals surface area contributed by atoms with Gasteiger partial charge >= 0.3 is 0 Å². The van der Waals surface area contributed by atoms with Crippen LogP contribution in [0.3, 0.4) is 0 Å². The molecule has 0 aliphatic heterocycles. The van der Waals surface area contributed by atoms with Crippen LogP contribution in [0.1, 0.15) is 10.4 Å². The third-order valence-corrected chi connectivity index (χ3v) is 7.39. The molecule has 0 saturated carbocycles. The number of carbonyl (C=O) groups excluding carboxylic acids is 1. The van der Waals surface area contributed by atoms with E-state index >= 15 is 0 Å². The van der Waals surface area contributed by atoms with Crippen LogP contribution < -0.4 is 5.32 Å². The summed E-state index contributed by atoms with van der Waals surface area (Å²) in [5.41, 5.74) is 0.00204. The van der Waals surface area contributed by atoms with E-state index in [1.54, 1.807) is 0 Å². The zero-order chi connectivity index (χ0) is 20.5. The lowest BCUT2D eigenvalue weighted by atomic mass is 10.2. The maximum absolute atomic E-state index is 12.6. The largest absolute Gasteiger partial charge is 0.298 e. The van der Waals surface area contributed by atoms with E-state index in [1.807, 2.05) is 0 Å². The van der Waals surface area contributed by atoms with Crippen molar-refractivity contribution in [1.29, 1.82) is 0 Å². The molecule has 1 aromatic heterocycles. The summed E-state index contributed by atoms with van der Waals surface area (Å²) in [4.78, 5) is 26.1. The first-order valence-corrected chi connectivity index (χ1v) is 10.5. The van der Waals surface area contributed by atoms with Crippen LogP contribution in [0.5, 0.6) is 0 Å². The number of non-ortho nitro benzene ring substituents is 1. The van der Waals surface area contributed by atoms with Gasteiger partial charge in [-0.15, -0.1) is 0 Å². The van der Waals surface area contributed by atoms with Gasteiger partial charge in [0.05, 0.1) is 26.1 Å². The van der Waals surface area contributed by atoms with E-state index in [-0.39, 0.29) is 30.5 Å². The molecule has 0 unspecified atom stereocenters. The molecule has 8 nitrogen and oxygen atoms in total. The second-order valence-corrected chi connectivity index (χ2v) is 9.34. The molecular weight excluding hydrogens is 449 g/mol. The first-order valence-electron chi connectivity index (χ1n) is 7.40. The van der Waals surface area contributed by atoms with E-state index < -0.39 is 20.7 Å². The van der Waals surface area contributed by atoms with E-state index in [2.05, 4.69) is 10.3 Å². The molecule has 0 aliphatic rings. The predicted molar refractivity (Wildman–Crippen MR) is 105 cm³/mol. The number of nitrogens with zero attached hydrogens (tertiary/aromatic N) is 2. The summed E-state index contributed by atoms with van der Waals surface area (Å²) >= 11 is 12.4. The number of nitro groups is 1. The Bertz CT molecular complexity index is 1180. The number of thiazole rings is 1.